The van der Waals surface area contributed by atoms with Crippen molar-refractivity contribution in [1.82, 2.24) is 19.3 Å². The average Bonchev–Trinajstić information content (AvgIpc) is 3.48. The molecule has 2 aromatic heterocycles. The summed E-state index contributed by atoms with van der Waals surface area (Å²) in [5, 5.41) is 12.9. The number of aromatic nitrogens is 3. The number of ether oxygens (including phenoxy) is 1. The van der Waals surface area contributed by atoms with E-state index in [1.807, 2.05) is 9.29 Å². The molecule has 192 valence electrons. The zero-order chi connectivity index (χ0) is 25.4. The van der Waals surface area contributed by atoms with Crippen LogP contribution in [0.3, 0.4) is 0 Å². The molecule has 0 amide bonds. The Kier molecular flexibility index (Phi) is 7.25. The molecule has 2 aliphatic rings. The minimum Gasteiger partial charge on any atom is -0.387 e. The summed E-state index contributed by atoms with van der Waals surface area (Å²) in [6, 6.07) is 0.652. The molecule has 0 radical (unpaired) electrons. The van der Waals surface area contributed by atoms with Gasteiger partial charge in [0.15, 0.2) is 5.78 Å². The second-order valence-electron chi connectivity index (χ2n) is 9.46. The first-order chi connectivity index (χ1) is 16.5. The highest BCUT2D eigenvalue weighted by Gasteiger charge is 2.46. The monoisotopic (exact) mass is 511 g/mol. The Hall–Kier alpha value is -2.45. The fourth-order valence-electron chi connectivity index (χ4n) is 4.48. The Morgan fingerprint density at radius 2 is 2.20 bits per heavy atom. The van der Waals surface area contributed by atoms with Crippen LogP contribution in [0.4, 0.5) is 10.2 Å². The second-order valence-corrected chi connectivity index (χ2v) is 11.0. The molecule has 4 rings (SSSR count). The average molecular weight is 512 g/mol. The molecule has 3 heterocycles. The summed E-state index contributed by atoms with van der Waals surface area (Å²) in [6.07, 6.45) is 3.06. The largest absolute Gasteiger partial charge is 0.387 e. The first-order valence-corrected chi connectivity index (χ1v) is 12.8. The van der Waals surface area contributed by atoms with E-state index in [0.717, 1.165) is 19.9 Å². The molecule has 35 heavy (non-hydrogen) atoms. The van der Waals surface area contributed by atoms with Crippen LogP contribution in [0.2, 0.25) is 0 Å². The van der Waals surface area contributed by atoms with E-state index in [1.165, 1.54) is 12.5 Å². The number of aliphatic hydroxyl groups is 1. The van der Waals surface area contributed by atoms with Crippen molar-refractivity contribution >= 4 is 21.9 Å². The zero-order valence-electron chi connectivity index (χ0n) is 19.7. The van der Waals surface area contributed by atoms with Gasteiger partial charge in [-0.2, -0.15) is 13.1 Å². The summed E-state index contributed by atoms with van der Waals surface area (Å²) in [5.41, 5.74) is 0.379. The lowest BCUT2D eigenvalue weighted by Crippen LogP contribution is -2.35. The van der Waals surface area contributed by atoms with E-state index >= 15 is 0 Å². The molecule has 0 unspecified atom stereocenters. The highest BCUT2D eigenvalue weighted by molar-refractivity contribution is 7.84. The molecule has 2 aromatic rings. The number of alkyl halides is 1. The van der Waals surface area contributed by atoms with Crippen molar-refractivity contribution in [2.45, 2.75) is 75.8 Å². The van der Waals surface area contributed by atoms with Crippen molar-refractivity contribution in [3.05, 3.63) is 42.1 Å². The molecule has 1 saturated carbocycles. The lowest BCUT2D eigenvalue weighted by Gasteiger charge is -2.19. The third-order valence-corrected chi connectivity index (χ3v) is 7.34. The molecular formula is C22H30FN5O6S. The first kappa shape index (κ1) is 25.6. The standard InChI is InChI=1S/C22H30FN5O6S/c1-22(2)6-4-14(33-22)11-28-7-5-13(10-28)19(29)15-9-25-12-26-21(15)27-16-8-17(20(30)18(16)23)34-35(31,32)24-3/h5,7,9-10,12,14,16-18,20,24,30H,4,6,8,11H2,1-3H3,(H,25,26,27)/t14-,16+,17+,18+,20+/m0/s1. The topological polar surface area (TPSA) is 145 Å². The summed E-state index contributed by atoms with van der Waals surface area (Å²) >= 11 is 0. The predicted molar refractivity (Wildman–Crippen MR) is 124 cm³/mol. The van der Waals surface area contributed by atoms with Gasteiger partial charge in [0.1, 0.15) is 30.5 Å². The minimum atomic E-state index is -4.12. The predicted octanol–water partition coefficient (Wildman–Crippen LogP) is 1.20. The van der Waals surface area contributed by atoms with E-state index in [2.05, 4.69) is 29.1 Å². The van der Waals surface area contributed by atoms with Gasteiger partial charge in [-0.25, -0.2) is 14.4 Å². The highest BCUT2D eigenvalue weighted by atomic mass is 32.2. The van der Waals surface area contributed by atoms with E-state index in [-0.39, 0.29) is 35.3 Å². The zero-order valence-corrected chi connectivity index (χ0v) is 20.5. The van der Waals surface area contributed by atoms with E-state index < -0.39 is 34.7 Å². The fourth-order valence-corrected chi connectivity index (χ4v) is 5.09. The number of anilines is 1. The maximum absolute atomic E-state index is 14.8. The van der Waals surface area contributed by atoms with Gasteiger partial charge >= 0.3 is 10.3 Å². The van der Waals surface area contributed by atoms with Crippen LogP contribution < -0.4 is 10.0 Å². The molecule has 13 heteroatoms. The summed E-state index contributed by atoms with van der Waals surface area (Å²) in [7, 11) is -2.98. The number of nitrogens with zero attached hydrogens (tertiary/aromatic N) is 3. The van der Waals surface area contributed by atoms with Gasteiger partial charge in [0, 0.05) is 44.2 Å². The van der Waals surface area contributed by atoms with Gasteiger partial charge in [-0.15, -0.1) is 0 Å². The van der Waals surface area contributed by atoms with E-state index in [4.69, 9.17) is 8.92 Å². The van der Waals surface area contributed by atoms with E-state index in [0.29, 0.717) is 12.1 Å². The van der Waals surface area contributed by atoms with Gasteiger partial charge < -0.3 is 19.7 Å². The molecule has 2 fully saturated rings. The number of rotatable bonds is 9. The molecule has 0 spiro atoms. The molecule has 0 aromatic carbocycles. The number of hydrogen-bond acceptors (Lipinski definition) is 9. The van der Waals surface area contributed by atoms with Crippen molar-refractivity contribution in [2.75, 3.05) is 12.4 Å². The molecule has 0 bridgehead atoms. The SMILES string of the molecule is CNS(=O)(=O)O[C@@H]1C[C@@H](Nc2ncncc2C(=O)c2ccn(C[C@@H]3CCC(C)(C)O3)c2)[C@@H](F)[C@@H]1O. The van der Waals surface area contributed by atoms with Crippen LogP contribution >= 0.6 is 0 Å². The van der Waals surface area contributed by atoms with Crippen LogP contribution in [0.25, 0.3) is 0 Å². The lowest BCUT2D eigenvalue weighted by molar-refractivity contribution is -0.0216. The second kappa shape index (κ2) is 9.90. The molecule has 3 N–H and O–H groups in total. The molecule has 1 saturated heterocycles. The van der Waals surface area contributed by atoms with E-state index in [1.54, 1.807) is 18.5 Å². The Morgan fingerprint density at radius 1 is 1.43 bits per heavy atom. The van der Waals surface area contributed by atoms with Crippen molar-refractivity contribution in [1.29, 1.82) is 0 Å². The number of halogens is 1. The Morgan fingerprint density at radius 3 is 2.89 bits per heavy atom. The Balaban J connectivity index is 1.46. The maximum Gasteiger partial charge on any atom is 0.335 e. The number of ketones is 1. The summed E-state index contributed by atoms with van der Waals surface area (Å²) in [4.78, 5) is 21.2. The first-order valence-electron chi connectivity index (χ1n) is 11.4. The molecule has 1 aliphatic carbocycles. The van der Waals surface area contributed by atoms with Crippen molar-refractivity contribution in [3.63, 3.8) is 0 Å². The lowest BCUT2D eigenvalue weighted by atomic mass is 10.1. The highest BCUT2D eigenvalue weighted by Crippen LogP contribution is 2.31. The maximum atomic E-state index is 14.8. The van der Waals surface area contributed by atoms with Crippen LogP contribution in [0.1, 0.15) is 49.0 Å². The molecule has 11 nitrogen and oxygen atoms in total. The number of hydrogen-bond donors (Lipinski definition) is 3. The van der Waals surface area contributed by atoms with Gasteiger partial charge in [-0.05, 0) is 32.8 Å². The Labute approximate surface area is 203 Å². The summed E-state index contributed by atoms with van der Waals surface area (Å²) in [5.74, 6) is -0.283. The van der Waals surface area contributed by atoms with Gasteiger partial charge in [0.2, 0.25) is 0 Å². The van der Waals surface area contributed by atoms with Crippen LogP contribution in [0.5, 0.6) is 0 Å². The van der Waals surface area contributed by atoms with Crippen LogP contribution in [0.15, 0.2) is 31.0 Å². The number of nitrogens with one attached hydrogen (secondary N) is 2. The molecule has 5 atom stereocenters. The normalized spacial score (nSPS) is 28.3. The number of carbonyl (C=O) groups excluding carboxylic acids is 1. The Bertz CT molecular complexity index is 1170. The number of carbonyl (C=O) groups is 1. The van der Waals surface area contributed by atoms with Gasteiger partial charge in [0.25, 0.3) is 0 Å². The van der Waals surface area contributed by atoms with Crippen LogP contribution in [0, 0.1) is 0 Å². The summed E-state index contributed by atoms with van der Waals surface area (Å²) in [6.45, 7) is 4.73. The third kappa shape index (κ3) is 5.86. The van der Waals surface area contributed by atoms with Gasteiger partial charge in [-0.1, -0.05) is 0 Å². The van der Waals surface area contributed by atoms with Crippen molar-refractivity contribution < 1.29 is 31.6 Å². The van der Waals surface area contributed by atoms with Gasteiger partial charge in [-0.3, -0.25) is 8.98 Å². The van der Waals surface area contributed by atoms with Crippen molar-refractivity contribution in [3.8, 4) is 0 Å². The van der Waals surface area contributed by atoms with Gasteiger partial charge in [0.05, 0.1) is 23.3 Å². The van der Waals surface area contributed by atoms with Crippen molar-refractivity contribution in [2.24, 2.45) is 0 Å². The third-order valence-electron chi connectivity index (χ3n) is 6.34. The summed E-state index contributed by atoms with van der Waals surface area (Å²) < 4.78 is 52.8. The smallest absolute Gasteiger partial charge is 0.335 e. The van der Waals surface area contributed by atoms with E-state index in [9.17, 15) is 22.7 Å². The fraction of sp³-hybridized carbons (Fsp3) is 0.591. The molecular weight excluding hydrogens is 481 g/mol. The minimum absolute atomic E-state index is 0.0646. The number of aliphatic hydroxyl groups excluding tert-OH is 1. The quantitative estimate of drug-likeness (QED) is 0.423. The molecule has 1 aliphatic heterocycles. The van der Waals surface area contributed by atoms with Crippen LogP contribution in [-0.2, 0) is 25.8 Å². The van der Waals surface area contributed by atoms with Crippen LogP contribution in [-0.4, -0.2) is 77.0 Å².